The molecule has 3 fully saturated rings. The Morgan fingerprint density at radius 2 is 1.93 bits per heavy atom. The Morgan fingerprint density at radius 1 is 1.21 bits per heavy atom. The standard InChI is InChI=1S/C22H38N4O2/c1-15(2)7-8-25-11-17-9-19(26-13-21(23-24-26)22(3,4)27)20(10-18(17)12-25)28-14-16-5-6-16/h13,15-20,27H,5-12,14H2,1-4H3/t17-,18+,19-,20-/m1/s1. The largest absolute Gasteiger partial charge is 0.384 e. The molecule has 1 saturated heterocycles. The highest BCUT2D eigenvalue weighted by Gasteiger charge is 2.44. The normalized spacial score (nSPS) is 31.5. The summed E-state index contributed by atoms with van der Waals surface area (Å²) in [5.41, 5.74) is -0.318. The molecule has 1 N–H and O–H groups in total. The number of ether oxygens (including phenoxy) is 1. The van der Waals surface area contributed by atoms with E-state index in [2.05, 4.69) is 29.1 Å². The Balaban J connectivity index is 1.46. The fraction of sp³-hybridized carbons (Fsp3) is 0.909. The highest BCUT2D eigenvalue weighted by molar-refractivity contribution is 5.05. The molecule has 0 amide bonds. The van der Waals surface area contributed by atoms with Gasteiger partial charge in [0.15, 0.2) is 0 Å². The van der Waals surface area contributed by atoms with Crippen molar-refractivity contribution in [2.24, 2.45) is 23.7 Å². The van der Waals surface area contributed by atoms with Crippen molar-refractivity contribution in [3.05, 3.63) is 11.9 Å². The first-order chi connectivity index (χ1) is 13.3. The minimum atomic E-state index is -0.958. The van der Waals surface area contributed by atoms with Crippen LogP contribution in [0.3, 0.4) is 0 Å². The van der Waals surface area contributed by atoms with Crippen LogP contribution in [0.15, 0.2) is 6.20 Å². The summed E-state index contributed by atoms with van der Waals surface area (Å²) in [4.78, 5) is 2.67. The third-order valence-electron chi connectivity index (χ3n) is 6.90. The fourth-order valence-corrected chi connectivity index (χ4v) is 4.83. The molecule has 3 aliphatic rings. The molecule has 158 valence electrons. The van der Waals surface area contributed by atoms with Crippen LogP contribution in [0.25, 0.3) is 0 Å². The van der Waals surface area contributed by atoms with Crippen LogP contribution in [0.1, 0.15) is 71.5 Å². The monoisotopic (exact) mass is 390 g/mol. The Morgan fingerprint density at radius 3 is 2.54 bits per heavy atom. The number of hydrogen-bond donors (Lipinski definition) is 1. The van der Waals surface area contributed by atoms with Crippen LogP contribution in [0.2, 0.25) is 0 Å². The van der Waals surface area contributed by atoms with E-state index in [-0.39, 0.29) is 12.1 Å². The van der Waals surface area contributed by atoms with E-state index in [0.29, 0.717) is 11.6 Å². The van der Waals surface area contributed by atoms with E-state index in [1.54, 1.807) is 13.8 Å². The van der Waals surface area contributed by atoms with E-state index in [9.17, 15) is 5.11 Å². The topological polar surface area (TPSA) is 63.4 Å². The molecule has 0 radical (unpaired) electrons. The Hall–Kier alpha value is -0.980. The average molecular weight is 391 g/mol. The summed E-state index contributed by atoms with van der Waals surface area (Å²) in [6.45, 7) is 12.7. The van der Waals surface area contributed by atoms with Gasteiger partial charge in [-0.15, -0.1) is 5.10 Å². The van der Waals surface area contributed by atoms with Crippen LogP contribution in [0, 0.1) is 23.7 Å². The van der Waals surface area contributed by atoms with Gasteiger partial charge in [0, 0.05) is 19.7 Å². The second-order valence-electron chi connectivity index (χ2n) is 10.5. The van der Waals surface area contributed by atoms with Crippen molar-refractivity contribution in [3.63, 3.8) is 0 Å². The van der Waals surface area contributed by atoms with Crippen LogP contribution < -0.4 is 0 Å². The lowest BCUT2D eigenvalue weighted by atomic mass is 9.77. The zero-order chi connectivity index (χ0) is 19.9. The van der Waals surface area contributed by atoms with Gasteiger partial charge in [0.1, 0.15) is 11.3 Å². The zero-order valence-corrected chi connectivity index (χ0v) is 18.0. The lowest BCUT2D eigenvalue weighted by molar-refractivity contribution is -0.0376. The molecule has 6 heteroatoms. The second kappa shape index (κ2) is 8.04. The molecular formula is C22H38N4O2. The van der Waals surface area contributed by atoms with Crippen molar-refractivity contribution in [1.29, 1.82) is 0 Å². The number of fused-ring (bicyclic) bond motifs is 1. The van der Waals surface area contributed by atoms with Crippen molar-refractivity contribution in [1.82, 2.24) is 19.9 Å². The van der Waals surface area contributed by atoms with Gasteiger partial charge in [0.25, 0.3) is 0 Å². The van der Waals surface area contributed by atoms with Gasteiger partial charge in [-0.1, -0.05) is 19.1 Å². The lowest BCUT2D eigenvalue weighted by Crippen LogP contribution is -2.38. The number of rotatable bonds is 8. The van der Waals surface area contributed by atoms with Gasteiger partial charge in [-0.25, -0.2) is 4.68 Å². The molecular weight excluding hydrogens is 352 g/mol. The van der Waals surface area contributed by atoms with E-state index < -0.39 is 5.60 Å². The first-order valence-corrected chi connectivity index (χ1v) is 11.3. The number of likely N-dealkylation sites (tertiary alicyclic amines) is 1. The molecule has 0 bridgehead atoms. The molecule has 2 saturated carbocycles. The molecule has 1 aromatic heterocycles. The van der Waals surface area contributed by atoms with E-state index in [1.807, 2.05) is 10.9 Å². The van der Waals surface area contributed by atoms with Gasteiger partial charge >= 0.3 is 0 Å². The summed E-state index contributed by atoms with van der Waals surface area (Å²) in [6, 6.07) is 0.230. The summed E-state index contributed by atoms with van der Waals surface area (Å²) in [5, 5.41) is 18.9. The minimum absolute atomic E-state index is 0.211. The first-order valence-electron chi connectivity index (χ1n) is 11.3. The smallest absolute Gasteiger partial charge is 0.114 e. The number of aromatic nitrogens is 3. The van der Waals surface area contributed by atoms with E-state index >= 15 is 0 Å². The molecule has 0 unspecified atom stereocenters. The predicted molar refractivity (Wildman–Crippen MR) is 109 cm³/mol. The summed E-state index contributed by atoms with van der Waals surface area (Å²) < 4.78 is 8.42. The van der Waals surface area contributed by atoms with Crippen LogP contribution in [-0.2, 0) is 10.3 Å². The zero-order valence-electron chi connectivity index (χ0n) is 18.0. The van der Waals surface area contributed by atoms with Crippen molar-refractivity contribution in [2.75, 3.05) is 26.2 Å². The maximum atomic E-state index is 10.3. The van der Waals surface area contributed by atoms with Crippen molar-refractivity contribution < 1.29 is 9.84 Å². The van der Waals surface area contributed by atoms with E-state index in [1.165, 1.54) is 38.9 Å². The molecule has 0 spiro atoms. The molecule has 0 aromatic carbocycles. The summed E-state index contributed by atoms with van der Waals surface area (Å²) in [5.74, 6) is 2.99. The van der Waals surface area contributed by atoms with Crippen LogP contribution in [0.4, 0.5) is 0 Å². The van der Waals surface area contributed by atoms with E-state index in [4.69, 9.17) is 4.74 Å². The minimum Gasteiger partial charge on any atom is -0.384 e. The average Bonchev–Trinajstić information content (AvgIpc) is 3.15. The molecule has 2 heterocycles. The van der Waals surface area contributed by atoms with Gasteiger partial charge in [-0.2, -0.15) is 0 Å². The van der Waals surface area contributed by atoms with Crippen molar-refractivity contribution >= 4 is 0 Å². The van der Waals surface area contributed by atoms with Crippen LogP contribution in [-0.4, -0.2) is 57.3 Å². The SMILES string of the molecule is CC(C)CCN1C[C@H]2C[C@@H](n3cc(C(C)(C)O)nn3)[C@H](OCC3CC3)C[C@H]2C1. The Bertz CT molecular complexity index is 649. The van der Waals surface area contributed by atoms with Gasteiger partial charge in [-0.3, -0.25) is 0 Å². The van der Waals surface area contributed by atoms with Crippen LogP contribution >= 0.6 is 0 Å². The van der Waals surface area contributed by atoms with Gasteiger partial charge in [0.05, 0.1) is 18.3 Å². The second-order valence-corrected chi connectivity index (χ2v) is 10.5. The lowest BCUT2D eigenvalue weighted by Gasteiger charge is -2.37. The van der Waals surface area contributed by atoms with E-state index in [0.717, 1.165) is 37.2 Å². The maximum absolute atomic E-state index is 10.3. The molecule has 4 atom stereocenters. The number of hydrogen-bond acceptors (Lipinski definition) is 5. The maximum Gasteiger partial charge on any atom is 0.114 e. The van der Waals surface area contributed by atoms with Crippen LogP contribution in [0.5, 0.6) is 0 Å². The molecule has 6 nitrogen and oxygen atoms in total. The van der Waals surface area contributed by atoms with Gasteiger partial charge < -0.3 is 14.7 Å². The Labute approximate surface area is 169 Å². The molecule has 2 aliphatic carbocycles. The highest BCUT2D eigenvalue weighted by Crippen LogP contribution is 2.43. The first kappa shape index (κ1) is 20.3. The summed E-state index contributed by atoms with van der Waals surface area (Å²) in [7, 11) is 0. The molecule has 1 aliphatic heterocycles. The van der Waals surface area contributed by atoms with Crippen molar-refractivity contribution in [2.45, 2.75) is 77.5 Å². The quantitative estimate of drug-likeness (QED) is 0.738. The summed E-state index contributed by atoms with van der Waals surface area (Å²) in [6.07, 6.45) is 8.29. The predicted octanol–water partition coefficient (Wildman–Crippen LogP) is 3.23. The summed E-state index contributed by atoms with van der Waals surface area (Å²) >= 11 is 0. The third-order valence-corrected chi connectivity index (χ3v) is 6.90. The fourth-order valence-electron chi connectivity index (χ4n) is 4.83. The number of nitrogens with zero attached hydrogens (tertiary/aromatic N) is 4. The number of aliphatic hydroxyl groups is 1. The van der Waals surface area contributed by atoms with Crippen molar-refractivity contribution in [3.8, 4) is 0 Å². The molecule has 4 rings (SSSR count). The molecule has 1 aromatic rings. The van der Waals surface area contributed by atoms with Gasteiger partial charge in [0.2, 0.25) is 0 Å². The Kier molecular flexibility index (Phi) is 5.83. The molecule has 28 heavy (non-hydrogen) atoms. The highest BCUT2D eigenvalue weighted by atomic mass is 16.5. The third kappa shape index (κ3) is 4.77. The van der Waals surface area contributed by atoms with Gasteiger partial charge in [-0.05, 0) is 76.2 Å².